The summed E-state index contributed by atoms with van der Waals surface area (Å²) >= 11 is 6.07. The number of hydrogen-bond donors (Lipinski definition) is 3. The molecule has 14 heteroatoms. The molecule has 9 nitrogen and oxygen atoms in total. The summed E-state index contributed by atoms with van der Waals surface area (Å²) in [4.78, 5) is 48.0. The van der Waals surface area contributed by atoms with Gasteiger partial charge in [0.05, 0.1) is 12.5 Å². The lowest BCUT2D eigenvalue weighted by Crippen LogP contribution is -2.38. The summed E-state index contributed by atoms with van der Waals surface area (Å²) < 4.78 is 54.5. The number of hydrogen-bond acceptors (Lipinski definition) is 5. The van der Waals surface area contributed by atoms with E-state index in [0.29, 0.717) is 34.0 Å². The van der Waals surface area contributed by atoms with Crippen molar-refractivity contribution in [2.24, 2.45) is 5.92 Å². The highest BCUT2D eigenvalue weighted by Crippen LogP contribution is 2.34. The molecule has 3 aromatic rings. The molecule has 1 aromatic heterocycles. The third-order valence-corrected chi connectivity index (χ3v) is 7.80. The Morgan fingerprint density at radius 2 is 1.65 bits per heavy atom. The van der Waals surface area contributed by atoms with E-state index >= 15 is 0 Å². The molecule has 49 heavy (non-hydrogen) atoms. The van der Waals surface area contributed by atoms with Crippen LogP contribution in [0, 0.1) is 32.5 Å². The second-order valence-electron chi connectivity index (χ2n) is 12.4. The fourth-order valence-electron chi connectivity index (χ4n) is 5.17. The van der Waals surface area contributed by atoms with Crippen LogP contribution in [0.25, 0.3) is 11.1 Å². The van der Waals surface area contributed by atoms with Crippen LogP contribution < -0.4 is 16.2 Å². The lowest BCUT2D eigenvalue weighted by atomic mass is 9.90. The molecule has 1 heterocycles. The standard InChI is InChI=1S/C19H19ClFNO3.C16H24F3N3O2/c1-10-5-14(20)6-11(2)18(10)13-4-12(3)19(21)15(7-13)16(22-9-23)8-17(24)25;1-11(2)7-8-20-14(23)12-5-6-13(16(17,18)19)22(15(12)24)10-9-21(3)4/h4-7,9,16H,8H2,1-3H3,(H,22,23)(H,24,25);5-6,11H,7-10H2,1-4H3,(H,20,23)/t16-;/m0./s1. The highest BCUT2D eigenvalue weighted by atomic mass is 35.5. The number of aryl methyl sites for hydroxylation is 3. The molecule has 0 aliphatic heterocycles. The molecule has 0 radical (unpaired) electrons. The highest BCUT2D eigenvalue weighted by molar-refractivity contribution is 6.30. The van der Waals surface area contributed by atoms with E-state index in [1.807, 2.05) is 39.8 Å². The van der Waals surface area contributed by atoms with Crippen molar-refractivity contribution in [3.63, 3.8) is 0 Å². The molecule has 0 unspecified atom stereocenters. The van der Waals surface area contributed by atoms with Gasteiger partial charge in [0.2, 0.25) is 6.41 Å². The maximum atomic E-state index is 14.6. The van der Waals surface area contributed by atoms with Crippen molar-refractivity contribution in [3.8, 4) is 11.1 Å². The van der Waals surface area contributed by atoms with Crippen molar-refractivity contribution >= 4 is 29.9 Å². The van der Waals surface area contributed by atoms with Crippen LogP contribution in [0.3, 0.4) is 0 Å². The Morgan fingerprint density at radius 3 is 2.16 bits per heavy atom. The van der Waals surface area contributed by atoms with Crippen LogP contribution in [0.2, 0.25) is 5.02 Å². The Kier molecular flexibility index (Phi) is 15.0. The highest BCUT2D eigenvalue weighted by Gasteiger charge is 2.35. The first-order valence-corrected chi connectivity index (χ1v) is 15.9. The van der Waals surface area contributed by atoms with E-state index in [9.17, 15) is 36.7 Å². The summed E-state index contributed by atoms with van der Waals surface area (Å²) in [6.07, 6.45) is -3.95. The number of aliphatic carboxylic acids is 1. The summed E-state index contributed by atoms with van der Waals surface area (Å²) in [7, 11) is 3.39. The SMILES string of the molecule is CC(C)CCNC(=O)c1ccc(C(F)(F)F)n(CCN(C)C)c1=O.Cc1cc(-c2c(C)cc(Cl)cc2C)cc([C@H](CC(=O)O)NC=O)c1F. The minimum Gasteiger partial charge on any atom is -0.481 e. The quantitative estimate of drug-likeness (QED) is 0.137. The van der Waals surface area contributed by atoms with E-state index in [-0.39, 0.29) is 24.2 Å². The predicted molar refractivity (Wildman–Crippen MR) is 181 cm³/mol. The average Bonchev–Trinajstić information content (AvgIpc) is 2.96. The Bertz CT molecular complexity index is 1680. The van der Waals surface area contributed by atoms with Crippen molar-refractivity contribution in [2.45, 2.75) is 66.2 Å². The van der Waals surface area contributed by atoms with E-state index in [1.54, 1.807) is 38.1 Å². The van der Waals surface area contributed by atoms with Crippen LogP contribution >= 0.6 is 11.6 Å². The number of nitrogens with one attached hydrogen (secondary N) is 2. The van der Waals surface area contributed by atoms with Gasteiger partial charge in [-0.3, -0.25) is 19.2 Å². The van der Waals surface area contributed by atoms with Gasteiger partial charge in [-0.05, 0) is 111 Å². The third kappa shape index (κ3) is 11.7. The number of amides is 2. The Hall–Kier alpha value is -4.23. The molecule has 0 fully saturated rings. The van der Waals surface area contributed by atoms with E-state index < -0.39 is 47.6 Å². The van der Waals surface area contributed by atoms with Crippen LogP contribution in [0.1, 0.15) is 71.0 Å². The zero-order valence-electron chi connectivity index (χ0n) is 28.6. The number of pyridine rings is 1. The van der Waals surface area contributed by atoms with Crippen molar-refractivity contribution in [1.82, 2.24) is 20.1 Å². The third-order valence-electron chi connectivity index (χ3n) is 7.58. The monoisotopic (exact) mass is 710 g/mol. The van der Waals surface area contributed by atoms with Gasteiger partial charge in [-0.25, -0.2) is 4.39 Å². The first-order chi connectivity index (χ1) is 22.8. The number of benzene rings is 2. The van der Waals surface area contributed by atoms with Gasteiger partial charge >= 0.3 is 12.1 Å². The van der Waals surface area contributed by atoms with E-state index in [4.69, 9.17) is 16.7 Å². The second-order valence-corrected chi connectivity index (χ2v) is 12.8. The van der Waals surface area contributed by atoms with Gasteiger partial charge in [0, 0.05) is 30.2 Å². The zero-order valence-corrected chi connectivity index (χ0v) is 29.4. The summed E-state index contributed by atoms with van der Waals surface area (Å²) in [5.41, 5.74) is 1.81. The largest absolute Gasteiger partial charge is 0.481 e. The van der Waals surface area contributed by atoms with Crippen molar-refractivity contribution < 1.29 is 37.1 Å². The smallest absolute Gasteiger partial charge is 0.431 e. The first-order valence-electron chi connectivity index (χ1n) is 15.5. The molecule has 2 aromatic carbocycles. The average molecular weight is 711 g/mol. The molecular weight excluding hydrogens is 668 g/mol. The van der Waals surface area contributed by atoms with Crippen molar-refractivity contribution in [1.29, 1.82) is 0 Å². The van der Waals surface area contributed by atoms with E-state index in [2.05, 4.69) is 10.6 Å². The van der Waals surface area contributed by atoms with E-state index in [0.717, 1.165) is 40.8 Å². The number of halogens is 5. The number of carbonyl (C=O) groups excluding carboxylic acids is 2. The fraction of sp³-hybridized carbons (Fsp3) is 0.429. The van der Waals surface area contributed by atoms with Gasteiger partial charge in [0.25, 0.3) is 11.5 Å². The lowest BCUT2D eigenvalue weighted by Gasteiger charge is -2.19. The molecule has 0 bridgehead atoms. The molecule has 0 aliphatic carbocycles. The van der Waals surface area contributed by atoms with Crippen molar-refractivity contribution in [3.05, 3.63) is 91.1 Å². The second kappa shape index (κ2) is 18.0. The molecule has 0 aliphatic rings. The van der Waals surface area contributed by atoms with Crippen LogP contribution in [0.4, 0.5) is 17.6 Å². The molecule has 1 atom stereocenters. The molecule has 0 saturated carbocycles. The maximum Gasteiger partial charge on any atom is 0.431 e. The summed E-state index contributed by atoms with van der Waals surface area (Å²) in [5.74, 6) is -1.92. The molecule has 0 spiro atoms. The molecule has 3 rings (SSSR count). The summed E-state index contributed by atoms with van der Waals surface area (Å²) in [5, 5.41) is 14.6. The number of likely N-dealkylation sites (N-methyl/N-ethyl adjacent to an activating group) is 1. The molecule has 0 saturated heterocycles. The Balaban J connectivity index is 0.000000341. The maximum absolute atomic E-state index is 14.6. The molecule has 2 amide bonds. The van der Waals surface area contributed by atoms with E-state index in [1.165, 1.54) is 0 Å². The topological polar surface area (TPSA) is 121 Å². The van der Waals surface area contributed by atoms with Crippen LogP contribution in [-0.4, -0.2) is 60.0 Å². The lowest BCUT2D eigenvalue weighted by molar-refractivity contribution is -0.144. The van der Waals surface area contributed by atoms with Gasteiger partial charge in [0.1, 0.15) is 17.1 Å². The number of nitrogens with zero attached hydrogens (tertiary/aromatic N) is 2. The number of carboxylic acids is 1. The minimum atomic E-state index is -4.65. The summed E-state index contributed by atoms with van der Waals surface area (Å²) in [6, 6.07) is 7.73. The first kappa shape index (κ1) is 40.9. The molecule has 3 N–H and O–H groups in total. The van der Waals surface area contributed by atoms with Gasteiger partial charge in [-0.15, -0.1) is 0 Å². The van der Waals surface area contributed by atoms with Gasteiger partial charge in [-0.1, -0.05) is 25.4 Å². The predicted octanol–water partition coefficient (Wildman–Crippen LogP) is 6.54. The minimum absolute atomic E-state index is 0.145. The normalized spacial score (nSPS) is 12.0. The number of rotatable bonds is 13. The van der Waals surface area contributed by atoms with Crippen LogP contribution in [-0.2, 0) is 22.3 Å². The molecule has 268 valence electrons. The van der Waals surface area contributed by atoms with Gasteiger partial charge < -0.3 is 25.2 Å². The Morgan fingerprint density at radius 1 is 1.04 bits per heavy atom. The number of carboxylic acid groups (broad SMARTS) is 1. The number of carbonyl (C=O) groups is 3. The molecular formula is C35H43ClF4N4O5. The summed E-state index contributed by atoms with van der Waals surface area (Å²) in [6.45, 7) is 9.87. The van der Waals surface area contributed by atoms with Gasteiger partial charge in [0.15, 0.2) is 0 Å². The Labute approximate surface area is 288 Å². The fourth-order valence-corrected chi connectivity index (χ4v) is 5.49. The zero-order chi connectivity index (χ0) is 37.2. The van der Waals surface area contributed by atoms with Crippen LogP contribution in [0.15, 0.2) is 41.2 Å². The number of alkyl halides is 3. The van der Waals surface area contributed by atoms with Crippen molar-refractivity contribution in [2.75, 3.05) is 27.2 Å². The number of aromatic nitrogens is 1. The van der Waals surface area contributed by atoms with Crippen LogP contribution in [0.5, 0.6) is 0 Å². The van der Waals surface area contributed by atoms with Gasteiger partial charge in [-0.2, -0.15) is 13.2 Å².